The number of hydrogen-bond acceptors (Lipinski definition) is 1. The monoisotopic (exact) mass is 286 g/mol. The minimum Gasteiger partial charge on any atom is -0.306 e. The largest absolute Gasteiger partial charge is 0.306 e. The lowest BCUT2D eigenvalue weighted by atomic mass is 10.2. The fourth-order valence-electron chi connectivity index (χ4n) is 1.37. The third-order valence-corrected chi connectivity index (χ3v) is 2.76. The van der Waals surface area contributed by atoms with E-state index in [0.29, 0.717) is 5.69 Å². The predicted octanol–water partition coefficient (Wildman–Crippen LogP) is 4.34. The van der Waals surface area contributed by atoms with Crippen LogP contribution in [-0.4, -0.2) is 9.55 Å². The number of imidazole rings is 1. The fraction of sp³-hybridized carbons (Fsp3) is 0.0833. The van der Waals surface area contributed by atoms with E-state index in [1.54, 1.807) is 17.1 Å². The number of alkyl halides is 3. The molecule has 17 heavy (non-hydrogen) atoms. The highest BCUT2D eigenvalue weighted by Gasteiger charge is 2.26. The van der Waals surface area contributed by atoms with Crippen LogP contribution >= 0.6 is 34.8 Å². The normalized spacial score (nSPS) is 12.2. The molecule has 88 valence electrons. The molecule has 0 atom stereocenters. The molecule has 2 nitrogen and oxygen atoms in total. The molecule has 1 aromatic carbocycles. The van der Waals surface area contributed by atoms with Gasteiger partial charge in [-0.1, -0.05) is 65.1 Å². The van der Waals surface area contributed by atoms with Crippen LogP contribution in [0.3, 0.4) is 0 Å². The van der Waals surface area contributed by atoms with Crippen molar-refractivity contribution in [3.8, 4) is 0 Å². The molecule has 2 rings (SSSR count). The lowest BCUT2D eigenvalue weighted by molar-refractivity contribution is 1.01. The summed E-state index contributed by atoms with van der Waals surface area (Å²) in [4.78, 5) is 3.96. The van der Waals surface area contributed by atoms with Gasteiger partial charge in [0, 0.05) is 6.20 Å². The molecule has 0 radical (unpaired) electrons. The zero-order valence-electron chi connectivity index (χ0n) is 8.72. The van der Waals surface area contributed by atoms with Crippen molar-refractivity contribution in [3.63, 3.8) is 0 Å². The van der Waals surface area contributed by atoms with E-state index in [1.165, 1.54) is 6.20 Å². The summed E-state index contributed by atoms with van der Waals surface area (Å²) in [5, 5.41) is 0. The van der Waals surface area contributed by atoms with E-state index in [1.807, 2.05) is 36.4 Å². The zero-order chi connectivity index (χ0) is 12.3. The molecule has 0 saturated heterocycles. The second-order valence-corrected chi connectivity index (χ2v) is 5.69. The van der Waals surface area contributed by atoms with E-state index in [-0.39, 0.29) is 0 Å². The zero-order valence-corrected chi connectivity index (χ0v) is 11.0. The molecule has 0 aliphatic heterocycles. The molecule has 0 bridgehead atoms. The van der Waals surface area contributed by atoms with Gasteiger partial charge >= 0.3 is 0 Å². The number of nitrogens with zero attached hydrogens (tertiary/aromatic N) is 2. The van der Waals surface area contributed by atoms with Crippen LogP contribution in [0.2, 0.25) is 0 Å². The summed E-state index contributed by atoms with van der Waals surface area (Å²) in [7, 11) is 0. The van der Waals surface area contributed by atoms with Crippen molar-refractivity contribution in [1.29, 1.82) is 0 Å². The molecule has 0 aliphatic carbocycles. The Kier molecular flexibility index (Phi) is 3.77. The minimum absolute atomic E-state index is 0.509. The van der Waals surface area contributed by atoms with Gasteiger partial charge in [0.25, 0.3) is 0 Å². The van der Waals surface area contributed by atoms with Crippen molar-refractivity contribution in [2.24, 2.45) is 0 Å². The highest BCUT2D eigenvalue weighted by Crippen LogP contribution is 2.37. The average Bonchev–Trinajstić information content (AvgIpc) is 2.75. The van der Waals surface area contributed by atoms with Crippen LogP contribution in [0.4, 0.5) is 0 Å². The number of aromatic nitrogens is 2. The molecule has 0 fully saturated rings. The van der Waals surface area contributed by atoms with Crippen molar-refractivity contribution < 1.29 is 0 Å². The van der Waals surface area contributed by atoms with Crippen molar-refractivity contribution in [2.75, 3.05) is 0 Å². The Morgan fingerprint density at radius 2 is 1.82 bits per heavy atom. The van der Waals surface area contributed by atoms with Gasteiger partial charge < -0.3 is 4.57 Å². The number of benzene rings is 1. The summed E-state index contributed by atoms with van der Waals surface area (Å²) >= 11 is 17.5. The third kappa shape index (κ3) is 3.25. The van der Waals surface area contributed by atoms with Crippen molar-refractivity contribution in [2.45, 2.75) is 3.79 Å². The fourth-order valence-corrected chi connectivity index (χ4v) is 1.81. The summed E-state index contributed by atoms with van der Waals surface area (Å²) in [5.41, 5.74) is 1.58. The van der Waals surface area contributed by atoms with Crippen LogP contribution in [0.5, 0.6) is 0 Å². The molecule has 0 saturated carbocycles. The van der Waals surface area contributed by atoms with Gasteiger partial charge in [-0.05, 0) is 11.6 Å². The maximum atomic E-state index is 5.82. The van der Waals surface area contributed by atoms with Gasteiger partial charge in [-0.3, -0.25) is 0 Å². The topological polar surface area (TPSA) is 17.8 Å². The highest BCUT2D eigenvalue weighted by atomic mass is 35.6. The lowest BCUT2D eigenvalue weighted by Crippen LogP contribution is -2.05. The van der Waals surface area contributed by atoms with Crippen LogP contribution < -0.4 is 0 Å². The van der Waals surface area contributed by atoms with Crippen LogP contribution in [0.15, 0.2) is 42.9 Å². The van der Waals surface area contributed by atoms with Crippen molar-refractivity contribution in [3.05, 3.63) is 54.1 Å². The first-order valence-electron chi connectivity index (χ1n) is 4.89. The molecule has 0 amide bonds. The average molecular weight is 288 g/mol. The SMILES string of the molecule is ClC(Cl)(Cl)c1cncn1/C=C/c1ccccc1. The summed E-state index contributed by atoms with van der Waals surface area (Å²) < 4.78 is 0.206. The van der Waals surface area contributed by atoms with Crippen molar-refractivity contribution >= 4 is 47.1 Å². The van der Waals surface area contributed by atoms with E-state index in [4.69, 9.17) is 34.8 Å². The standard InChI is InChI=1S/C12H9Cl3N2/c13-12(14,15)11-8-16-9-17(11)7-6-10-4-2-1-3-5-10/h1-9H/b7-6+. The van der Waals surface area contributed by atoms with Gasteiger partial charge in [0.1, 0.15) is 0 Å². The van der Waals surface area contributed by atoms with Crippen LogP contribution in [0, 0.1) is 0 Å². The van der Waals surface area contributed by atoms with Gasteiger partial charge in [-0.2, -0.15) is 0 Å². The maximum absolute atomic E-state index is 5.82. The Balaban J connectivity index is 2.26. The van der Waals surface area contributed by atoms with E-state index in [2.05, 4.69) is 4.98 Å². The molecular formula is C12H9Cl3N2. The Morgan fingerprint density at radius 1 is 1.12 bits per heavy atom. The van der Waals surface area contributed by atoms with E-state index in [0.717, 1.165) is 5.56 Å². The van der Waals surface area contributed by atoms with Crippen LogP contribution in [-0.2, 0) is 3.79 Å². The first kappa shape index (κ1) is 12.5. The molecule has 0 spiro atoms. The van der Waals surface area contributed by atoms with Crippen LogP contribution in [0.1, 0.15) is 11.3 Å². The Labute approximate surface area is 114 Å². The summed E-state index contributed by atoms with van der Waals surface area (Å²) in [5.74, 6) is 0. The molecule has 0 aliphatic rings. The Morgan fingerprint density at radius 3 is 2.47 bits per heavy atom. The van der Waals surface area contributed by atoms with Gasteiger partial charge in [0.05, 0.1) is 18.2 Å². The quantitative estimate of drug-likeness (QED) is 0.751. The number of hydrogen-bond donors (Lipinski definition) is 0. The van der Waals surface area contributed by atoms with E-state index < -0.39 is 3.79 Å². The second-order valence-electron chi connectivity index (χ2n) is 3.41. The molecule has 0 N–H and O–H groups in total. The van der Waals surface area contributed by atoms with E-state index in [9.17, 15) is 0 Å². The minimum atomic E-state index is -1.47. The first-order valence-corrected chi connectivity index (χ1v) is 6.03. The summed E-state index contributed by atoms with van der Waals surface area (Å²) in [6.45, 7) is 0. The third-order valence-electron chi connectivity index (χ3n) is 2.18. The van der Waals surface area contributed by atoms with Gasteiger partial charge in [-0.25, -0.2) is 4.98 Å². The van der Waals surface area contributed by atoms with E-state index >= 15 is 0 Å². The second kappa shape index (κ2) is 5.13. The van der Waals surface area contributed by atoms with Crippen molar-refractivity contribution in [1.82, 2.24) is 9.55 Å². The van der Waals surface area contributed by atoms with Gasteiger partial charge in [-0.15, -0.1) is 0 Å². The molecule has 1 heterocycles. The number of rotatable bonds is 2. The molecule has 5 heteroatoms. The number of halogens is 3. The predicted molar refractivity (Wildman–Crippen MR) is 73.1 cm³/mol. The van der Waals surface area contributed by atoms with Gasteiger partial charge in [0.15, 0.2) is 0 Å². The van der Waals surface area contributed by atoms with Crippen LogP contribution in [0.25, 0.3) is 12.3 Å². The smallest absolute Gasteiger partial charge is 0.232 e. The maximum Gasteiger partial charge on any atom is 0.232 e. The Hall–Kier alpha value is -0.960. The Bertz CT molecular complexity index is 512. The first-order chi connectivity index (χ1) is 8.07. The molecule has 2 aromatic rings. The molecule has 1 aromatic heterocycles. The highest BCUT2D eigenvalue weighted by molar-refractivity contribution is 6.66. The summed E-state index contributed by atoms with van der Waals surface area (Å²) in [6.07, 6.45) is 6.85. The lowest BCUT2D eigenvalue weighted by Gasteiger charge is -2.10. The molecule has 0 unspecified atom stereocenters. The summed E-state index contributed by atoms with van der Waals surface area (Å²) in [6, 6.07) is 9.86. The molecular weight excluding hydrogens is 279 g/mol. The van der Waals surface area contributed by atoms with Gasteiger partial charge in [0.2, 0.25) is 3.79 Å².